The second-order valence-corrected chi connectivity index (χ2v) is 5.02. The molecule has 2 aromatic rings. The maximum atomic E-state index is 9.22. The molecular weight excluding hydrogens is 324 g/mol. The molecule has 0 aliphatic heterocycles. The number of ether oxygens (including phenoxy) is 2. The van der Waals surface area contributed by atoms with Gasteiger partial charge in [0.15, 0.2) is 0 Å². The zero-order valence-electron chi connectivity index (χ0n) is 11.6. The van der Waals surface area contributed by atoms with Crippen LogP contribution < -0.4 is 20.3 Å². The third-order valence-electron chi connectivity index (χ3n) is 2.80. The molecule has 0 amide bonds. The van der Waals surface area contributed by atoms with Crippen LogP contribution >= 0.6 is 23.8 Å². The van der Waals surface area contributed by atoms with Gasteiger partial charge in [-0.2, -0.15) is 0 Å². The third-order valence-corrected chi connectivity index (χ3v) is 3.40. The number of nitrogens with one attached hydrogen (secondary N) is 1. The van der Waals surface area contributed by atoms with E-state index in [2.05, 4.69) is 5.32 Å². The molecule has 0 heterocycles. The molecule has 0 aliphatic rings. The van der Waals surface area contributed by atoms with Gasteiger partial charge in [-0.15, -0.1) is 0 Å². The van der Waals surface area contributed by atoms with Gasteiger partial charge in [0.05, 0.1) is 17.8 Å². The third kappa shape index (κ3) is 4.11. The summed E-state index contributed by atoms with van der Waals surface area (Å²) in [6.07, 6.45) is 0. The number of thiocarbonyl (C=S) groups is 1. The maximum absolute atomic E-state index is 9.22. The molecule has 8 heteroatoms. The van der Waals surface area contributed by atoms with E-state index in [0.717, 1.165) is 0 Å². The van der Waals surface area contributed by atoms with E-state index in [1.807, 2.05) is 0 Å². The topological polar surface area (TPSA) is 71.0 Å². The number of halogens is 1. The first-order valence-corrected chi connectivity index (χ1v) is 7.07. The van der Waals surface area contributed by atoms with Gasteiger partial charge >= 0.3 is 7.12 Å². The number of benzene rings is 2. The number of hydrogen-bond acceptors (Lipinski definition) is 5. The first kappa shape index (κ1) is 16.6. The normalized spacial score (nSPS) is 10.0. The predicted molar refractivity (Wildman–Crippen MR) is 91.1 cm³/mol. The van der Waals surface area contributed by atoms with Crippen molar-refractivity contribution in [3.05, 3.63) is 47.5 Å². The summed E-state index contributed by atoms with van der Waals surface area (Å²) in [6, 6.07) is 11.7. The highest BCUT2D eigenvalue weighted by molar-refractivity contribution is 7.80. The molecule has 0 atom stereocenters. The Balaban J connectivity index is 2.10. The fourth-order valence-corrected chi connectivity index (χ4v) is 2.23. The number of hydrogen-bond donors (Lipinski definition) is 3. The van der Waals surface area contributed by atoms with Crippen LogP contribution in [-0.2, 0) is 0 Å². The van der Waals surface area contributed by atoms with Crippen molar-refractivity contribution in [3.63, 3.8) is 0 Å². The van der Waals surface area contributed by atoms with Crippen molar-refractivity contribution in [1.29, 1.82) is 0 Å². The molecule has 0 unspecified atom stereocenters. The van der Waals surface area contributed by atoms with Crippen LogP contribution in [-0.4, -0.2) is 29.5 Å². The molecule has 3 N–H and O–H groups in total. The average Bonchev–Trinajstić information content (AvgIpc) is 2.49. The molecule has 0 aromatic heterocycles. The van der Waals surface area contributed by atoms with E-state index in [-0.39, 0.29) is 15.7 Å². The summed E-state index contributed by atoms with van der Waals surface area (Å²) in [7, 11) is -0.108. The summed E-state index contributed by atoms with van der Waals surface area (Å²) in [5.74, 6) is 1.15. The lowest BCUT2D eigenvalue weighted by atomic mass is 9.80. The molecular formula is C14H13BClNO4S. The standard InChI is InChI=1S/C14H13BClNO4S/c1-20-9-4-2-5-10(8-9)21-14(22)17-12-7-3-6-11(13(12)16)15(18)19/h2-8,18-19H,1H3,(H,17,22). The first-order valence-electron chi connectivity index (χ1n) is 6.28. The Morgan fingerprint density at radius 3 is 2.55 bits per heavy atom. The van der Waals surface area contributed by atoms with Gasteiger partial charge in [0.1, 0.15) is 11.5 Å². The van der Waals surface area contributed by atoms with E-state index >= 15 is 0 Å². The van der Waals surface area contributed by atoms with Gasteiger partial charge in [-0.3, -0.25) is 0 Å². The van der Waals surface area contributed by atoms with E-state index in [1.165, 1.54) is 6.07 Å². The van der Waals surface area contributed by atoms with Gasteiger partial charge < -0.3 is 24.8 Å². The van der Waals surface area contributed by atoms with E-state index in [4.69, 9.17) is 33.3 Å². The van der Waals surface area contributed by atoms with Crippen molar-refractivity contribution in [3.8, 4) is 11.5 Å². The number of methoxy groups -OCH3 is 1. The Morgan fingerprint density at radius 2 is 1.86 bits per heavy atom. The SMILES string of the molecule is COc1cccc(OC(=S)Nc2cccc(B(O)O)c2Cl)c1. The number of rotatable bonds is 4. The Hall–Kier alpha value is -1.80. The first-order chi connectivity index (χ1) is 10.5. The summed E-state index contributed by atoms with van der Waals surface area (Å²) < 4.78 is 10.6. The molecule has 0 aliphatic carbocycles. The van der Waals surface area contributed by atoms with Crippen LogP contribution in [0.4, 0.5) is 5.69 Å². The molecule has 2 rings (SSSR count). The molecule has 0 fully saturated rings. The second kappa shape index (κ2) is 7.46. The Bertz CT molecular complexity index is 684. The molecule has 2 aromatic carbocycles. The van der Waals surface area contributed by atoms with Gasteiger partial charge in [-0.05, 0) is 30.4 Å². The summed E-state index contributed by atoms with van der Waals surface area (Å²) in [5.41, 5.74) is 0.594. The minimum Gasteiger partial charge on any atom is -0.497 e. The highest BCUT2D eigenvalue weighted by Gasteiger charge is 2.17. The smallest absolute Gasteiger partial charge is 0.490 e. The molecule has 0 radical (unpaired) electrons. The number of anilines is 1. The minimum atomic E-state index is -1.66. The lowest BCUT2D eigenvalue weighted by molar-refractivity contribution is 0.412. The monoisotopic (exact) mass is 337 g/mol. The fourth-order valence-electron chi connectivity index (χ4n) is 1.75. The van der Waals surface area contributed by atoms with Crippen molar-refractivity contribution < 1.29 is 19.5 Å². The fraction of sp³-hybridized carbons (Fsp3) is 0.0714. The minimum absolute atomic E-state index is 0.0692. The zero-order chi connectivity index (χ0) is 16.1. The summed E-state index contributed by atoms with van der Waals surface area (Å²) >= 11 is 11.2. The van der Waals surface area contributed by atoms with Crippen molar-refractivity contribution in [2.45, 2.75) is 0 Å². The molecule has 114 valence electrons. The van der Waals surface area contributed by atoms with Gasteiger partial charge in [-0.25, -0.2) is 0 Å². The van der Waals surface area contributed by atoms with E-state index < -0.39 is 7.12 Å². The van der Waals surface area contributed by atoms with Crippen LogP contribution in [0, 0.1) is 0 Å². The summed E-state index contributed by atoms with van der Waals surface area (Å²) in [6.45, 7) is 0. The lowest BCUT2D eigenvalue weighted by Crippen LogP contribution is -2.31. The molecule has 0 saturated carbocycles. The van der Waals surface area contributed by atoms with Crippen molar-refractivity contribution in [2.75, 3.05) is 12.4 Å². The Morgan fingerprint density at radius 1 is 1.18 bits per heavy atom. The Labute approximate surface area is 138 Å². The van der Waals surface area contributed by atoms with E-state index in [1.54, 1.807) is 43.5 Å². The van der Waals surface area contributed by atoms with Crippen LogP contribution in [0.1, 0.15) is 0 Å². The summed E-state index contributed by atoms with van der Waals surface area (Å²) in [5, 5.41) is 21.5. The molecule has 22 heavy (non-hydrogen) atoms. The van der Waals surface area contributed by atoms with Gasteiger partial charge in [0, 0.05) is 11.5 Å². The van der Waals surface area contributed by atoms with Gasteiger partial charge in [0.2, 0.25) is 0 Å². The molecule has 5 nitrogen and oxygen atoms in total. The van der Waals surface area contributed by atoms with Crippen LogP contribution in [0.15, 0.2) is 42.5 Å². The van der Waals surface area contributed by atoms with E-state index in [0.29, 0.717) is 17.2 Å². The largest absolute Gasteiger partial charge is 0.497 e. The van der Waals surface area contributed by atoms with Crippen molar-refractivity contribution >= 4 is 47.3 Å². The van der Waals surface area contributed by atoms with Gasteiger partial charge in [0.25, 0.3) is 5.17 Å². The van der Waals surface area contributed by atoms with Crippen LogP contribution in [0.25, 0.3) is 0 Å². The average molecular weight is 338 g/mol. The molecule has 0 bridgehead atoms. The molecule has 0 saturated heterocycles. The highest BCUT2D eigenvalue weighted by atomic mass is 35.5. The van der Waals surface area contributed by atoms with Gasteiger partial charge in [-0.1, -0.05) is 29.8 Å². The highest BCUT2D eigenvalue weighted by Crippen LogP contribution is 2.22. The van der Waals surface area contributed by atoms with Crippen molar-refractivity contribution in [1.82, 2.24) is 0 Å². The maximum Gasteiger partial charge on any atom is 0.490 e. The lowest BCUT2D eigenvalue weighted by Gasteiger charge is -2.13. The zero-order valence-corrected chi connectivity index (χ0v) is 13.2. The van der Waals surface area contributed by atoms with E-state index in [9.17, 15) is 10.0 Å². The Kier molecular flexibility index (Phi) is 5.62. The van der Waals surface area contributed by atoms with Crippen molar-refractivity contribution in [2.24, 2.45) is 0 Å². The van der Waals surface area contributed by atoms with Crippen LogP contribution in [0.5, 0.6) is 11.5 Å². The predicted octanol–water partition coefficient (Wildman–Crippen LogP) is 1.80. The quantitative estimate of drug-likeness (QED) is 0.584. The van der Waals surface area contributed by atoms with Crippen LogP contribution in [0.3, 0.4) is 0 Å². The van der Waals surface area contributed by atoms with Crippen LogP contribution in [0.2, 0.25) is 5.02 Å². The molecule has 0 spiro atoms. The summed E-state index contributed by atoms with van der Waals surface area (Å²) in [4.78, 5) is 0. The second-order valence-electron chi connectivity index (χ2n) is 4.28.